The van der Waals surface area contributed by atoms with E-state index in [-0.39, 0.29) is 6.04 Å². The van der Waals surface area contributed by atoms with Gasteiger partial charge < -0.3 is 4.57 Å². The van der Waals surface area contributed by atoms with Crippen LogP contribution in [0.25, 0.3) is 11.2 Å². The minimum atomic E-state index is 0.195. The van der Waals surface area contributed by atoms with Crippen LogP contribution in [0.4, 0.5) is 0 Å². The molecule has 3 nitrogen and oxygen atoms in total. The zero-order chi connectivity index (χ0) is 13.4. The van der Waals surface area contributed by atoms with Crippen LogP contribution < -0.4 is 0 Å². The van der Waals surface area contributed by atoms with E-state index in [1.54, 1.807) is 11.3 Å². The number of thiophene rings is 1. The van der Waals surface area contributed by atoms with Gasteiger partial charge in [0, 0.05) is 6.20 Å². The van der Waals surface area contributed by atoms with Crippen molar-refractivity contribution in [3.63, 3.8) is 0 Å². The molecule has 3 aromatic rings. The highest BCUT2D eigenvalue weighted by molar-refractivity contribution is 7.07. The van der Waals surface area contributed by atoms with Gasteiger partial charge in [-0.25, -0.2) is 9.97 Å². The molecule has 0 bridgehead atoms. The number of fused-ring (bicyclic) bond motifs is 1. The molecule has 0 radical (unpaired) electrons. The zero-order valence-electron chi connectivity index (χ0n) is 10.8. The van der Waals surface area contributed by atoms with E-state index in [4.69, 9.17) is 11.6 Å². The molecule has 1 unspecified atom stereocenters. The second kappa shape index (κ2) is 4.94. The molecule has 19 heavy (non-hydrogen) atoms. The van der Waals surface area contributed by atoms with Crippen molar-refractivity contribution in [3.8, 4) is 0 Å². The minimum absolute atomic E-state index is 0.195. The van der Waals surface area contributed by atoms with Crippen LogP contribution in [0.1, 0.15) is 29.9 Å². The molecule has 0 spiro atoms. The Labute approximate surface area is 120 Å². The Morgan fingerprint density at radius 2 is 2.32 bits per heavy atom. The van der Waals surface area contributed by atoms with Crippen LogP contribution in [0.15, 0.2) is 29.1 Å². The molecule has 0 fully saturated rings. The molecule has 0 N–H and O–H groups in total. The fourth-order valence-electron chi connectivity index (χ4n) is 2.29. The lowest BCUT2D eigenvalue weighted by atomic mass is 10.2. The number of aryl methyl sites for hydroxylation is 1. The lowest BCUT2D eigenvalue weighted by molar-refractivity contribution is 0.631. The van der Waals surface area contributed by atoms with Crippen LogP contribution in [-0.4, -0.2) is 14.5 Å². The molecule has 0 amide bonds. The molecule has 0 saturated carbocycles. The predicted octanol–water partition coefficient (Wildman–Crippen LogP) is 4.15. The maximum atomic E-state index is 6.04. The Balaban J connectivity index is 2.21. The Kier molecular flexibility index (Phi) is 3.29. The topological polar surface area (TPSA) is 30.7 Å². The van der Waals surface area contributed by atoms with Crippen molar-refractivity contribution in [1.82, 2.24) is 14.5 Å². The first-order chi connectivity index (χ1) is 9.20. The highest BCUT2D eigenvalue weighted by Crippen LogP contribution is 2.27. The van der Waals surface area contributed by atoms with Crippen molar-refractivity contribution in [1.29, 1.82) is 0 Å². The van der Waals surface area contributed by atoms with E-state index in [0.717, 1.165) is 22.6 Å². The van der Waals surface area contributed by atoms with Crippen molar-refractivity contribution in [3.05, 3.63) is 46.0 Å². The Hall–Kier alpha value is -1.39. The van der Waals surface area contributed by atoms with Crippen molar-refractivity contribution in [2.24, 2.45) is 0 Å². The average Bonchev–Trinajstić information content (AvgIpc) is 3.04. The van der Waals surface area contributed by atoms with Gasteiger partial charge in [0.05, 0.1) is 11.9 Å². The van der Waals surface area contributed by atoms with E-state index in [0.29, 0.717) is 5.88 Å². The summed E-state index contributed by atoms with van der Waals surface area (Å²) in [4.78, 5) is 9.12. The largest absolute Gasteiger partial charge is 0.304 e. The summed E-state index contributed by atoms with van der Waals surface area (Å²) in [5, 5.41) is 4.24. The van der Waals surface area contributed by atoms with E-state index in [1.165, 1.54) is 5.56 Å². The first-order valence-corrected chi connectivity index (χ1v) is 7.60. The van der Waals surface area contributed by atoms with Gasteiger partial charge in [-0.3, -0.25) is 0 Å². The second-order valence-corrected chi connectivity index (χ2v) is 5.67. The fourth-order valence-corrected chi connectivity index (χ4v) is 3.23. The molecule has 0 aliphatic carbocycles. The van der Waals surface area contributed by atoms with Gasteiger partial charge in [-0.15, -0.1) is 11.6 Å². The molecule has 3 aromatic heterocycles. The molecule has 5 heteroatoms. The first kappa shape index (κ1) is 12.6. The Morgan fingerprint density at radius 3 is 3.00 bits per heavy atom. The Bertz CT molecular complexity index is 703. The lowest BCUT2D eigenvalue weighted by Gasteiger charge is -2.15. The summed E-state index contributed by atoms with van der Waals surface area (Å²) in [6.07, 6.45) is 1.87. The third-order valence-electron chi connectivity index (χ3n) is 3.27. The van der Waals surface area contributed by atoms with Crippen LogP contribution in [-0.2, 0) is 5.88 Å². The summed E-state index contributed by atoms with van der Waals surface area (Å²) in [5.41, 5.74) is 4.19. The molecule has 0 aliphatic rings. The monoisotopic (exact) mass is 291 g/mol. The number of rotatable bonds is 3. The number of halogens is 1. The molecule has 98 valence electrons. The predicted molar refractivity (Wildman–Crippen MR) is 80.0 cm³/mol. The normalized spacial score (nSPS) is 13.0. The quantitative estimate of drug-likeness (QED) is 0.679. The molecular formula is C14H14ClN3S. The molecule has 0 aromatic carbocycles. The number of aromatic nitrogens is 3. The van der Waals surface area contributed by atoms with Gasteiger partial charge in [0.25, 0.3) is 0 Å². The number of hydrogen-bond acceptors (Lipinski definition) is 3. The summed E-state index contributed by atoms with van der Waals surface area (Å²) in [5.74, 6) is 1.26. The van der Waals surface area contributed by atoms with E-state index in [1.807, 2.05) is 13.1 Å². The molecule has 0 saturated heterocycles. The third kappa shape index (κ3) is 2.15. The maximum absolute atomic E-state index is 6.04. The lowest BCUT2D eigenvalue weighted by Crippen LogP contribution is -2.09. The summed E-state index contributed by atoms with van der Waals surface area (Å²) in [7, 11) is 0. The van der Waals surface area contributed by atoms with Crippen LogP contribution in [0.5, 0.6) is 0 Å². The molecular weight excluding hydrogens is 278 g/mol. The third-order valence-corrected chi connectivity index (χ3v) is 4.21. The van der Waals surface area contributed by atoms with Crippen molar-refractivity contribution in [2.45, 2.75) is 25.8 Å². The summed E-state index contributed by atoms with van der Waals surface area (Å²) in [6.45, 7) is 4.18. The summed E-state index contributed by atoms with van der Waals surface area (Å²) >= 11 is 7.74. The van der Waals surface area contributed by atoms with Crippen LogP contribution in [0.3, 0.4) is 0 Å². The molecule has 3 heterocycles. The highest BCUT2D eigenvalue weighted by atomic mass is 35.5. The van der Waals surface area contributed by atoms with E-state index in [2.05, 4.69) is 44.4 Å². The van der Waals surface area contributed by atoms with Crippen molar-refractivity contribution >= 4 is 34.1 Å². The summed E-state index contributed by atoms with van der Waals surface area (Å²) < 4.78 is 2.13. The van der Waals surface area contributed by atoms with Gasteiger partial charge in [0.1, 0.15) is 11.3 Å². The second-order valence-electron chi connectivity index (χ2n) is 4.62. The van der Waals surface area contributed by atoms with Gasteiger partial charge in [-0.1, -0.05) is 0 Å². The van der Waals surface area contributed by atoms with Crippen molar-refractivity contribution in [2.75, 3.05) is 0 Å². The maximum Gasteiger partial charge on any atom is 0.160 e. The van der Waals surface area contributed by atoms with Crippen LogP contribution >= 0.6 is 22.9 Å². The number of nitrogens with zero attached hydrogens (tertiary/aromatic N) is 3. The van der Waals surface area contributed by atoms with Gasteiger partial charge in [-0.2, -0.15) is 11.3 Å². The average molecular weight is 292 g/mol. The highest BCUT2D eigenvalue weighted by Gasteiger charge is 2.18. The van der Waals surface area contributed by atoms with E-state index >= 15 is 0 Å². The SMILES string of the molecule is Cc1cnc2c(c1)nc(CCl)n2C(C)c1ccsc1. The number of imidazole rings is 1. The van der Waals surface area contributed by atoms with Crippen LogP contribution in [0, 0.1) is 6.92 Å². The molecule has 0 aliphatic heterocycles. The molecule has 3 rings (SSSR count). The smallest absolute Gasteiger partial charge is 0.160 e. The fraction of sp³-hybridized carbons (Fsp3) is 0.286. The van der Waals surface area contributed by atoms with Crippen molar-refractivity contribution < 1.29 is 0 Å². The van der Waals surface area contributed by atoms with Gasteiger partial charge >= 0.3 is 0 Å². The number of hydrogen-bond donors (Lipinski definition) is 0. The zero-order valence-corrected chi connectivity index (χ0v) is 12.4. The standard InChI is InChI=1S/C14H14ClN3S/c1-9-5-12-14(16-7-9)18(13(6-15)17-12)10(2)11-3-4-19-8-11/h3-5,7-8,10H,6H2,1-2H3. The van der Waals surface area contributed by atoms with Crippen LogP contribution in [0.2, 0.25) is 0 Å². The van der Waals surface area contributed by atoms with E-state index < -0.39 is 0 Å². The molecule has 1 atom stereocenters. The van der Waals surface area contributed by atoms with Gasteiger partial charge in [0.15, 0.2) is 5.65 Å². The summed E-state index contributed by atoms with van der Waals surface area (Å²) in [6, 6.07) is 4.38. The number of alkyl halides is 1. The Morgan fingerprint density at radius 1 is 1.47 bits per heavy atom. The van der Waals surface area contributed by atoms with Gasteiger partial charge in [0.2, 0.25) is 0 Å². The number of pyridine rings is 1. The first-order valence-electron chi connectivity index (χ1n) is 6.12. The minimum Gasteiger partial charge on any atom is -0.304 e. The van der Waals surface area contributed by atoms with Gasteiger partial charge in [-0.05, 0) is 47.9 Å². The van der Waals surface area contributed by atoms with E-state index in [9.17, 15) is 0 Å².